The highest BCUT2D eigenvalue weighted by Gasteiger charge is 2.13. The third kappa shape index (κ3) is 6.27. The summed E-state index contributed by atoms with van der Waals surface area (Å²) in [6.07, 6.45) is 2.68. The Bertz CT molecular complexity index is 241. The predicted molar refractivity (Wildman–Crippen MR) is 64.3 cm³/mol. The van der Waals surface area contributed by atoms with Crippen LogP contribution in [0, 0.1) is 5.92 Å². The molecule has 2 unspecified atom stereocenters. The second-order valence-electron chi connectivity index (χ2n) is 4.19. The van der Waals surface area contributed by atoms with E-state index in [4.69, 9.17) is 10.9 Å². The number of rotatable bonds is 7. The van der Waals surface area contributed by atoms with E-state index in [0.717, 1.165) is 12.8 Å². The lowest BCUT2D eigenvalue weighted by molar-refractivity contribution is -0.122. The molecule has 0 saturated heterocycles. The average molecular weight is 229 g/mol. The summed E-state index contributed by atoms with van der Waals surface area (Å²) in [7, 11) is 0. The molecule has 94 valence electrons. The molecule has 0 spiro atoms. The van der Waals surface area contributed by atoms with Crippen LogP contribution in [0.4, 0.5) is 0 Å². The van der Waals surface area contributed by atoms with Gasteiger partial charge < -0.3 is 16.3 Å². The van der Waals surface area contributed by atoms with Crippen molar-refractivity contribution in [2.24, 2.45) is 16.8 Å². The van der Waals surface area contributed by atoms with Gasteiger partial charge in [-0.05, 0) is 12.3 Å². The van der Waals surface area contributed by atoms with Gasteiger partial charge in [0.05, 0.1) is 0 Å². The molecule has 0 aliphatic heterocycles. The molecule has 1 amide bonds. The monoisotopic (exact) mass is 229 g/mol. The topological polar surface area (TPSA) is 87.7 Å². The Labute approximate surface area is 97.1 Å². The summed E-state index contributed by atoms with van der Waals surface area (Å²) in [6.45, 7) is 6.06. The number of hydrogen-bond acceptors (Lipinski definition) is 3. The van der Waals surface area contributed by atoms with E-state index < -0.39 is 0 Å². The van der Waals surface area contributed by atoms with E-state index in [1.807, 2.05) is 13.8 Å². The van der Waals surface area contributed by atoms with Crippen molar-refractivity contribution in [2.75, 3.05) is 0 Å². The molecule has 0 aliphatic rings. The van der Waals surface area contributed by atoms with E-state index >= 15 is 0 Å². The molecular formula is C11H23N3O2. The van der Waals surface area contributed by atoms with Crippen molar-refractivity contribution in [2.45, 2.75) is 52.5 Å². The largest absolute Gasteiger partial charge is 0.409 e. The van der Waals surface area contributed by atoms with E-state index in [2.05, 4.69) is 17.4 Å². The first kappa shape index (κ1) is 14.7. The number of amides is 1. The van der Waals surface area contributed by atoms with Crippen LogP contribution in [0.15, 0.2) is 5.16 Å². The smallest absolute Gasteiger partial charge is 0.220 e. The van der Waals surface area contributed by atoms with Gasteiger partial charge in [-0.3, -0.25) is 4.79 Å². The second-order valence-corrected chi connectivity index (χ2v) is 4.19. The fraction of sp³-hybridized carbons (Fsp3) is 0.818. The Morgan fingerprint density at radius 1 is 1.38 bits per heavy atom. The summed E-state index contributed by atoms with van der Waals surface area (Å²) < 4.78 is 0. The Balaban J connectivity index is 4.07. The van der Waals surface area contributed by atoms with Gasteiger partial charge in [-0.25, -0.2) is 0 Å². The number of amidine groups is 1. The number of nitrogens with one attached hydrogen (secondary N) is 1. The Morgan fingerprint density at radius 2 is 2.00 bits per heavy atom. The third-order valence-electron chi connectivity index (χ3n) is 2.67. The number of hydrogen-bond donors (Lipinski definition) is 3. The number of nitrogens with two attached hydrogens (primary N) is 1. The maximum atomic E-state index is 11.6. The molecule has 0 rings (SSSR count). The highest BCUT2D eigenvalue weighted by molar-refractivity contribution is 5.82. The van der Waals surface area contributed by atoms with Crippen molar-refractivity contribution in [3.05, 3.63) is 0 Å². The van der Waals surface area contributed by atoms with Gasteiger partial charge in [-0.1, -0.05) is 32.3 Å². The molecule has 0 radical (unpaired) electrons. The van der Waals surface area contributed by atoms with Crippen LogP contribution in [0.5, 0.6) is 0 Å². The van der Waals surface area contributed by atoms with Crippen molar-refractivity contribution < 1.29 is 10.0 Å². The summed E-state index contributed by atoms with van der Waals surface area (Å²) >= 11 is 0. The molecule has 0 aromatic carbocycles. The van der Waals surface area contributed by atoms with Crippen LogP contribution in [0.3, 0.4) is 0 Å². The molecule has 0 aromatic rings. The van der Waals surface area contributed by atoms with Crippen molar-refractivity contribution in [3.63, 3.8) is 0 Å². The molecular weight excluding hydrogens is 206 g/mol. The van der Waals surface area contributed by atoms with Crippen LogP contribution in [-0.2, 0) is 4.79 Å². The Hall–Kier alpha value is -1.26. The maximum Gasteiger partial charge on any atom is 0.220 e. The van der Waals surface area contributed by atoms with Gasteiger partial charge in [0, 0.05) is 18.9 Å². The summed E-state index contributed by atoms with van der Waals surface area (Å²) in [6, 6.07) is -0.0487. The number of nitrogens with zero attached hydrogens (tertiary/aromatic N) is 1. The fourth-order valence-electron chi connectivity index (χ4n) is 1.34. The summed E-state index contributed by atoms with van der Waals surface area (Å²) in [5, 5.41) is 14.2. The number of carbonyl (C=O) groups is 1. The molecule has 4 N–H and O–H groups in total. The lowest BCUT2D eigenvalue weighted by Gasteiger charge is -2.17. The van der Waals surface area contributed by atoms with Gasteiger partial charge in [-0.15, -0.1) is 0 Å². The Kier molecular flexibility index (Phi) is 7.33. The molecule has 0 saturated carbocycles. The highest BCUT2D eigenvalue weighted by atomic mass is 16.4. The van der Waals surface area contributed by atoms with Crippen LogP contribution in [0.25, 0.3) is 0 Å². The number of carbonyl (C=O) groups excluding carboxylic acids is 1. The van der Waals surface area contributed by atoms with Crippen molar-refractivity contribution in [3.8, 4) is 0 Å². The summed E-state index contributed by atoms with van der Waals surface area (Å²) in [5.41, 5.74) is 5.40. The van der Waals surface area contributed by atoms with E-state index in [0.29, 0.717) is 18.8 Å². The molecule has 5 heteroatoms. The molecule has 16 heavy (non-hydrogen) atoms. The Morgan fingerprint density at radius 3 is 2.44 bits per heavy atom. The summed E-state index contributed by atoms with van der Waals surface area (Å²) in [4.78, 5) is 11.6. The van der Waals surface area contributed by atoms with E-state index in [1.165, 1.54) is 0 Å². The zero-order chi connectivity index (χ0) is 12.6. The van der Waals surface area contributed by atoms with Gasteiger partial charge in [0.25, 0.3) is 0 Å². The minimum absolute atomic E-state index is 0.0342. The highest BCUT2D eigenvalue weighted by Crippen LogP contribution is 2.07. The van der Waals surface area contributed by atoms with E-state index in [1.54, 1.807) is 0 Å². The van der Waals surface area contributed by atoms with Gasteiger partial charge in [0.2, 0.25) is 5.91 Å². The van der Waals surface area contributed by atoms with E-state index in [-0.39, 0.29) is 17.8 Å². The maximum absolute atomic E-state index is 11.6. The molecule has 0 aliphatic carbocycles. The van der Waals surface area contributed by atoms with E-state index in [9.17, 15) is 4.79 Å². The zero-order valence-electron chi connectivity index (χ0n) is 10.4. The minimum atomic E-state index is -0.0487. The first-order chi connectivity index (χ1) is 7.53. The van der Waals surface area contributed by atoms with Gasteiger partial charge in [0.1, 0.15) is 5.84 Å². The predicted octanol–water partition coefficient (Wildman–Crippen LogP) is 1.45. The van der Waals surface area contributed by atoms with Crippen LogP contribution >= 0.6 is 0 Å². The zero-order valence-corrected chi connectivity index (χ0v) is 10.4. The summed E-state index contributed by atoms with van der Waals surface area (Å²) in [5.74, 6) is 0.573. The fourth-order valence-corrected chi connectivity index (χ4v) is 1.34. The van der Waals surface area contributed by atoms with Crippen molar-refractivity contribution in [1.82, 2.24) is 5.32 Å². The lowest BCUT2D eigenvalue weighted by atomic mass is 10.0. The van der Waals surface area contributed by atoms with Crippen LogP contribution in [-0.4, -0.2) is 23.0 Å². The normalized spacial score (nSPS) is 15.6. The SMILES string of the molecule is CCC(C)CC(=O)NC(CC)CC(N)=NO. The van der Waals surface area contributed by atoms with Crippen LogP contribution in [0.1, 0.15) is 46.5 Å². The molecule has 0 bridgehead atoms. The van der Waals surface area contributed by atoms with Crippen LogP contribution in [0.2, 0.25) is 0 Å². The van der Waals surface area contributed by atoms with Crippen molar-refractivity contribution in [1.29, 1.82) is 0 Å². The third-order valence-corrected chi connectivity index (χ3v) is 2.67. The molecule has 0 heterocycles. The first-order valence-electron chi connectivity index (χ1n) is 5.79. The van der Waals surface area contributed by atoms with Crippen molar-refractivity contribution >= 4 is 11.7 Å². The van der Waals surface area contributed by atoms with Gasteiger partial charge in [-0.2, -0.15) is 0 Å². The van der Waals surface area contributed by atoms with Gasteiger partial charge in [0.15, 0.2) is 0 Å². The standard InChI is InChI=1S/C11H23N3O2/c1-4-8(3)6-11(15)13-9(5-2)7-10(12)14-16/h8-9,16H,4-7H2,1-3H3,(H2,12,14)(H,13,15). The molecule has 0 fully saturated rings. The molecule has 0 aromatic heterocycles. The number of oxime groups is 1. The first-order valence-corrected chi connectivity index (χ1v) is 5.79. The van der Waals surface area contributed by atoms with Gasteiger partial charge >= 0.3 is 0 Å². The minimum Gasteiger partial charge on any atom is -0.409 e. The molecule has 2 atom stereocenters. The quantitative estimate of drug-likeness (QED) is 0.267. The second kappa shape index (κ2) is 7.96. The molecule has 5 nitrogen and oxygen atoms in total. The average Bonchev–Trinajstić information content (AvgIpc) is 2.27. The lowest BCUT2D eigenvalue weighted by Crippen LogP contribution is -2.38. The van der Waals surface area contributed by atoms with Crippen LogP contribution < -0.4 is 11.1 Å².